The molecule has 0 aliphatic rings. The second-order valence-electron chi connectivity index (χ2n) is 4.71. The van der Waals surface area contributed by atoms with Gasteiger partial charge in [0.2, 0.25) is 0 Å². The number of allylic oxidation sites excluding steroid dienone is 1. The van der Waals surface area contributed by atoms with E-state index < -0.39 is 0 Å². The van der Waals surface area contributed by atoms with Crippen LogP contribution in [0.4, 0.5) is 0 Å². The number of hydrogen-bond donors (Lipinski definition) is 0. The summed E-state index contributed by atoms with van der Waals surface area (Å²) in [7, 11) is 0. The SMILES string of the molecule is CCCC[Se]/C(=C\C#Cc1ccccc1)c1ccccc1. The van der Waals surface area contributed by atoms with Crippen LogP contribution in [0.1, 0.15) is 30.9 Å². The van der Waals surface area contributed by atoms with Crippen LogP contribution in [0.5, 0.6) is 0 Å². The van der Waals surface area contributed by atoms with Gasteiger partial charge in [0.15, 0.2) is 0 Å². The molecular weight excluding hydrogens is 319 g/mol. The Kier molecular flexibility index (Phi) is 6.89. The molecule has 0 N–H and O–H groups in total. The summed E-state index contributed by atoms with van der Waals surface area (Å²) in [5.74, 6) is 6.45. The van der Waals surface area contributed by atoms with Crippen molar-refractivity contribution < 1.29 is 0 Å². The van der Waals surface area contributed by atoms with Crippen molar-refractivity contribution in [2.75, 3.05) is 0 Å². The van der Waals surface area contributed by atoms with E-state index in [0.29, 0.717) is 15.0 Å². The molecule has 106 valence electrons. The van der Waals surface area contributed by atoms with Gasteiger partial charge in [-0.2, -0.15) is 0 Å². The van der Waals surface area contributed by atoms with Gasteiger partial charge in [-0.1, -0.05) is 0 Å². The number of hydrogen-bond acceptors (Lipinski definition) is 0. The van der Waals surface area contributed by atoms with Crippen molar-refractivity contribution in [1.82, 2.24) is 0 Å². The maximum absolute atomic E-state index is 3.23. The summed E-state index contributed by atoms with van der Waals surface area (Å²) in [6.07, 6.45) is 4.67. The molecule has 0 aliphatic carbocycles. The van der Waals surface area contributed by atoms with Crippen molar-refractivity contribution in [3.05, 3.63) is 77.9 Å². The Bertz CT molecular complexity index is 615. The first kappa shape index (κ1) is 15.6. The van der Waals surface area contributed by atoms with E-state index in [4.69, 9.17) is 0 Å². The third kappa shape index (κ3) is 5.64. The van der Waals surface area contributed by atoms with E-state index in [-0.39, 0.29) is 0 Å². The Balaban J connectivity index is 2.15. The quantitative estimate of drug-likeness (QED) is 0.408. The zero-order chi connectivity index (χ0) is 14.8. The summed E-state index contributed by atoms with van der Waals surface area (Å²) in [6.45, 7) is 2.25. The fraction of sp³-hybridized carbons (Fsp3) is 0.200. The maximum atomic E-state index is 3.23. The van der Waals surface area contributed by atoms with Crippen LogP contribution in [0.25, 0.3) is 4.47 Å². The Morgan fingerprint density at radius 1 is 1.00 bits per heavy atom. The van der Waals surface area contributed by atoms with E-state index in [2.05, 4.69) is 55.2 Å². The minimum atomic E-state index is 0.503. The molecule has 0 heterocycles. The predicted octanol–water partition coefficient (Wildman–Crippen LogP) is 5.00. The molecule has 1 heteroatoms. The van der Waals surface area contributed by atoms with Crippen LogP contribution in [0, 0.1) is 11.8 Å². The summed E-state index contributed by atoms with van der Waals surface area (Å²) in [5.41, 5.74) is 2.39. The molecule has 0 saturated carbocycles. The number of benzene rings is 2. The molecule has 0 saturated heterocycles. The molecule has 0 radical (unpaired) electrons. The van der Waals surface area contributed by atoms with Crippen LogP contribution in [-0.2, 0) is 0 Å². The van der Waals surface area contributed by atoms with Crippen LogP contribution >= 0.6 is 0 Å². The Morgan fingerprint density at radius 2 is 1.67 bits per heavy atom. The monoisotopic (exact) mass is 340 g/mol. The summed E-state index contributed by atoms with van der Waals surface area (Å²) in [6, 6.07) is 20.8. The van der Waals surface area contributed by atoms with Gasteiger partial charge in [-0.15, -0.1) is 0 Å². The van der Waals surface area contributed by atoms with Gasteiger partial charge in [0.25, 0.3) is 0 Å². The zero-order valence-electron chi connectivity index (χ0n) is 12.4. The fourth-order valence-electron chi connectivity index (χ4n) is 1.84. The van der Waals surface area contributed by atoms with E-state index >= 15 is 0 Å². The van der Waals surface area contributed by atoms with E-state index in [1.165, 1.54) is 28.2 Å². The molecule has 0 fully saturated rings. The zero-order valence-corrected chi connectivity index (χ0v) is 14.1. The summed E-state index contributed by atoms with van der Waals surface area (Å²) in [5, 5.41) is 1.29. The van der Waals surface area contributed by atoms with Gasteiger partial charge in [-0.05, 0) is 0 Å². The third-order valence-corrected chi connectivity index (χ3v) is 5.44. The van der Waals surface area contributed by atoms with Gasteiger partial charge in [0.05, 0.1) is 0 Å². The molecule has 0 nitrogen and oxygen atoms in total. The standard InChI is InChI=1S/C20H20Se/c1-2-3-17-21-20(19-14-8-5-9-15-19)16-10-13-18-11-6-4-7-12-18/h4-9,11-12,14-16H,2-3,17H2,1H3/b20-16-. The summed E-state index contributed by atoms with van der Waals surface area (Å²) < 4.78 is 1.40. The van der Waals surface area contributed by atoms with Crippen LogP contribution < -0.4 is 0 Å². The van der Waals surface area contributed by atoms with E-state index in [9.17, 15) is 0 Å². The molecule has 0 aromatic heterocycles. The molecule has 0 bridgehead atoms. The van der Waals surface area contributed by atoms with Gasteiger partial charge in [-0.3, -0.25) is 0 Å². The average Bonchev–Trinajstić information content (AvgIpc) is 2.55. The number of unbranched alkanes of at least 4 members (excludes halogenated alkanes) is 1. The van der Waals surface area contributed by atoms with Crippen molar-refractivity contribution in [1.29, 1.82) is 0 Å². The van der Waals surface area contributed by atoms with Gasteiger partial charge in [-0.25, -0.2) is 0 Å². The van der Waals surface area contributed by atoms with Gasteiger partial charge >= 0.3 is 134 Å². The fourth-order valence-corrected chi connectivity index (χ4v) is 4.15. The van der Waals surface area contributed by atoms with Crippen LogP contribution in [-0.4, -0.2) is 15.0 Å². The first-order valence-corrected chi connectivity index (χ1v) is 9.42. The normalized spacial score (nSPS) is 10.8. The summed E-state index contributed by atoms with van der Waals surface area (Å²) in [4.78, 5) is 0. The molecular formula is C20H20Se. The third-order valence-electron chi connectivity index (χ3n) is 3.01. The van der Waals surface area contributed by atoms with Crippen molar-refractivity contribution in [2.24, 2.45) is 0 Å². The molecule has 0 aliphatic heterocycles. The molecule has 2 rings (SSSR count). The Morgan fingerprint density at radius 3 is 2.33 bits per heavy atom. The first-order chi connectivity index (χ1) is 10.4. The van der Waals surface area contributed by atoms with Crippen molar-refractivity contribution in [2.45, 2.75) is 25.1 Å². The molecule has 0 amide bonds. The van der Waals surface area contributed by atoms with E-state index in [1.54, 1.807) is 0 Å². The minimum absolute atomic E-state index is 0.503. The molecule has 2 aromatic rings. The van der Waals surface area contributed by atoms with Crippen molar-refractivity contribution in [3.63, 3.8) is 0 Å². The Labute approximate surface area is 134 Å². The molecule has 0 spiro atoms. The van der Waals surface area contributed by atoms with Crippen LogP contribution in [0.2, 0.25) is 5.32 Å². The summed E-state index contributed by atoms with van der Waals surface area (Å²) >= 11 is 0.503. The molecule has 0 unspecified atom stereocenters. The van der Waals surface area contributed by atoms with Crippen LogP contribution in [0.15, 0.2) is 66.7 Å². The molecule has 21 heavy (non-hydrogen) atoms. The van der Waals surface area contributed by atoms with E-state index in [1.807, 2.05) is 30.3 Å². The van der Waals surface area contributed by atoms with Crippen molar-refractivity contribution >= 4 is 19.4 Å². The number of rotatable bonds is 5. The van der Waals surface area contributed by atoms with Crippen molar-refractivity contribution in [3.8, 4) is 11.8 Å². The van der Waals surface area contributed by atoms with Gasteiger partial charge < -0.3 is 0 Å². The van der Waals surface area contributed by atoms with Crippen LogP contribution in [0.3, 0.4) is 0 Å². The van der Waals surface area contributed by atoms with Gasteiger partial charge in [0, 0.05) is 0 Å². The topological polar surface area (TPSA) is 0 Å². The second-order valence-corrected chi connectivity index (χ2v) is 7.10. The second kappa shape index (κ2) is 9.24. The van der Waals surface area contributed by atoms with Gasteiger partial charge in [0.1, 0.15) is 0 Å². The molecule has 0 atom stereocenters. The molecule has 2 aromatic carbocycles. The average molecular weight is 339 g/mol. The first-order valence-electron chi connectivity index (χ1n) is 7.35. The Hall–Kier alpha value is -1.74. The van der Waals surface area contributed by atoms with E-state index in [0.717, 1.165) is 5.56 Å². The predicted molar refractivity (Wildman–Crippen MR) is 93.2 cm³/mol.